The average molecular weight is 438 g/mol. The molecule has 2 atom stereocenters. The third-order valence-corrected chi connectivity index (χ3v) is 7.84. The van der Waals surface area contributed by atoms with Gasteiger partial charge >= 0.3 is 5.97 Å². The van der Waals surface area contributed by atoms with Crippen molar-refractivity contribution in [2.45, 2.75) is 110 Å². The van der Waals surface area contributed by atoms with E-state index in [0.29, 0.717) is 12.1 Å². The Morgan fingerprint density at radius 2 is 1.81 bits per heavy atom. The van der Waals surface area contributed by atoms with Crippen LogP contribution in [0, 0.1) is 17.3 Å². The molecule has 0 saturated heterocycles. The van der Waals surface area contributed by atoms with Gasteiger partial charge in [0.2, 0.25) is 0 Å². The second-order valence-corrected chi connectivity index (χ2v) is 11.6. The Balaban J connectivity index is 1.18. The van der Waals surface area contributed by atoms with Crippen LogP contribution in [0.25, 0.3) is 6.08 Å². The number of rotatable bonds is 9. The number of carbonyl (C=O) groups is 1. The van der Waals surface area contributed by atoms with E-state index >= 15 is 0 Å². The second-order valence-electron chi connectivity index (χ2n) is 11.6. The van der Waals surface area contributed by atoms with E-state index in [2.05, 4.69) is 48.6 Å². The second kappa shape index (κ2) is 9.71. The molecule has 3 aliphatic carbocycles. The summed E-state index contributed by atoms with van der Waals surface area (Å²) in [4.78, 5) is 12.6. The van der Waals surface area contributed by atoms with Crippen molar-refractivity contribution in [3.05, 3.63) is 41.5 Å². The van der Waals surface area contributed by atoms with Crippen molar-refractivity contribution in [2.24, 2.45) is 17.3 Å². The summed E-state index contributed by atoms with van der Waals surface area (Å²) < 4.78 is 5.70. The summed E-state index contributed by atoms with van der Waals surface area (Å²) in [5, 5.41) is 3.98. The Labute approximate surface area is 195 Å². The van der Waals surface area contributed by atoms with Crippen molar-refractivity contribution in [2.75, 3.05) is 0 Å². The molecule has 3 heteroatoms. The van der Waals surface area contributed by atoms with Gasteiger partial charge < -0.3 is 10.1 Å². The van der Waals surface area contributed by atoms with Crippen molar-refractivity contribution < 1.29 is 9.53 Å². The van der Waals surface area contributed by atoms with Crippen LogP contribution < -0.4 is 5.32 Å². The summed E-state index contributed by atoms with van der Waals surface area (Å²) in [6, 6.07) is 12.1. The first-order valence-electron chi connectivity index (χ1n) is 13.0. The molecule has 0 radical (unpaired) electrons. The van der Waals surface area contributed by atoms with Gasteiger partial charge in [-0.2, -0.15) is 0 Å². The minimum absolute atomic E-state index is 0.0513. The molecule has 4 rings (SSSR count). The van der Waals surface area contributed by atoms with Crippen LogP contribution in [-0.4, -0.2) is 23.7 Å². The summed E-state index contributed by atoms with van der Waals surface area (Å²) in [6.45, 7) is 8.21. The van der Waals surface area contributed by atoms with Crippen LogP contribution >= 0.6 is 0 Å². The summed E-state index contributed by atoms with van der Waals surface area (Å²) in [5.74, 6) is 1.56. The van der Waals surface area contributed by atoms with Gasteiger partial charge in [0, 0.05) is 12.1 Å². The molecule has 0 aromatic heterocycles. The summed E-state index contributed by atoms with van der Waals surface area (Å²) in [6.07, 6.45) is 14.3. The molecule has 0 unspecified atom stereocenters. The van der Waals surface area contributed by atoms with Crippen molar-refractivity contribution in [1.82, 2.24) is 5.32 Å². The van der Waals surface area contributed by atoms with Crippen LogP contribution in [-0.2, 0) is 9.53 Å². The quantitative estimate of drug-likeness (QED) is 0.426. The van der Waals surface area contributed by atoms with Crippen LogP contribution in [0.1, 0.15) is 97.5 Å². The largest absolute Gasteiger partial charge is 0.460 e. The molecule has 1 aromatic carbocycles. The smallest absolute Gasteiger partial charge is 0.312 e. The minimum atomic E-state index is -0.370. The number of hydrogen-bond acceptors (Lipinski definition) is 3. The lowest BCUT2D eigenvalue weighted by Gasteiger charge is -2.30. The van der Waals surface area contributed by atoms with E-state index in [1.807, 2.05) is 20.8 Å². The molecule has 3 nitrogen and oxygen atoms in total. The topological polar surface area (TPSA) is 38.3 Å². The lowest BCUT2D eigenvalue weighted by Crippen LogP contribution is -2.36. The maximum atomic E-state index is 12.6. The van der Waals surface area contributed by atoms with E-state index in [0.717, 1.165) is 37.5 Å². The van der Waals surface area contributed by atoms with Crippen LogP contribution in [0.4, 0.5) is 0 Å². The summed E-state index contributed by atoms with van der Waals surface area (Å²) in [7, 11) is 0. The standard InChI is InChI=1S/C29H43NO2/c1-5-23(19-22-9-7-6-8-10-22)25-20-26(25)30-24-13-11-21(12-14-24)15-16-29(17-18-29)27(31)32-28(2,3)4/h6-10,19,21,24-26,30H,5,11-18,20H2,1-4H3/b23-19+/t21?,24?,25-,26+/m0/s1. The first-order chi connectivity index (χ1) is 15.3. The highest BCUT2D eigenvalue weighted by atomic mass is 16.6. The Morgan fingerprint density at radius 3 is 2.41 bits per heavy atom. The zero-order chi connectivity index (χ0) is 22.8. The van der Waals surface area contributed by atoms with Gasteiger partial charge in [0.25, 0.3) is 0 Å². The zero-order valence-corrected chi connectivity index (χ0v) is 20.7. The minimum Gasteiger partial charge on any atom is -0.460 e. The van der Waals surface area contributed by atoms with Gasteiger partial charge in [-0.15, -0.1) is 0 Å². The fourth-order valence-electron chi connectivity index (χ4n) is 5.52. The van der Waals surface area contributed by atoms with E-state index in [9.17, 15) is 4.79 Å². The molecule has 3 aliphatic rings. The molecule has 0 heterocycles. The van der Waals surface area contributed by atoms with Crippen molar-refractivity contribution in [1.29, 1.82) is 0 Å². The van der Waals surface area contributed by atoms with Gasteiger partial charge in [0.05, 0.1) is 5.41 Å². The predicted molar refractivity (Wildman–Crippen MR) is 132 cm³/mol. The van der Waals surface area contributed by atoms with Gasteiger partial charge in [0.15, 0.2) is 0 Å². The maximum absolute atomic E-state index is 12.6. The molecule has 0 amide bonds. The molecule has 3 fully saturated rings. The maximum Gasteiger partial charge on any atom is 0.312 e. The average Bonchev–Trinajstić information content (AvgIpc) is 3.68. The van der Waals surface area contributed by atoms with Crippen LogP contribution in [0.15, 0.2) is 35.9 Å². The van der Waals surface area contributed by atoms with E-state index < -0.39 is 0 Å². The summed E-state index contributed by atoms with van der Waals surface area (Å²) >= 11 is 0. The molecule has 3 saturated carbocycles. The molecular formula is C29H43NO2. The Hall–Kier alpha value is -1.61. The zero-order valence-electron chi connectivity index (χ0n) is 20.7. The number of benzene rings is 1. The number of hydrogen-bond donors (Lipinski definition) is 1. The molecule has 1 N–H and O–H groups in total. The van der Waals surface area contributed by atoms with Gasteiger partial charge in [-0.3, -0.25) is 4.79 Å². The van der Waals surface area contributed by atoms with E-state index in [4.69, 9.17) is 4.74 Å². The van der Waals surface area contributed by atoms with Crippen molar-refractivity contribution in [3.63, 3.8) is 0 Å². The SMILES string of the molecule is CC/C(=C\c1ccccc1)[C@@H]1C[C@H]1NC1CCC(CCC2(C(=O)OC(C)(C)C)CC2)CC1. The van der Waals surface area contributed by atoms with Crippen LogP contribution in [0.3, 0.4) is 0 Å². The molecule has 0 spiro atoms. The van der Waals surface area contributed by atoms with Gasteiger partial charge in [0.1, 0.15) is 5.60 Å². The highest BCUT2D eigenvalue weighted by molar-refractivity contribution is 5.80. The fourth-order valence-corrected chi connectivity index (χ4v) is 5.52. The van der Waals surface area contributed by atoms with E-state index in [1.54, 1.807) is 5.57 Å². The van der Waals surface area contributed by atoms with E-state index in [1.165, 1.54) is 44.1 Å². The third-order valence-electron chi connectivity index (χ3n) is 7.84. The highest BCUT2D eigenvalue weighted by Gasteiger charge is 2.52. The molecular weight excluding hydrogens is 394 g/mol. The number of esters is 1. The fraction of sp³-hybridized carbons (Fsp3) is 0.690. The van der Waals surface area contributed by atoms with Gasteiger partial charge in [-0.25, -0.2) is 0 Å². The molecule has 176 valence electrons. The number of carbonyl (C=O) groups excluding carboxylic acids is 1. The lowest BCUT2D eigenvalue weighted by molar-refractivity contribution is -0.162. The monoisotopic (exact) mass is 437 g/mol. The lowest BCUT2D eigenvalue weighted by atomic mass is 9.81. The summed E-state index contributed by atoms with van der Waals surface area (Å²) in [5.41, 5.74) is 2.41. The third kappa shape index (κ3) is 6.25. The van der Waals surface area contributed by atoms with Crippen LogP contribution in [0.2, 0.25) is 0 Å². The normalized spacial score (nSPS) is 29.4. The van der Waals surface area contributed by atoms with E-state index in [-0.39, 0.29) is 17.0 Å². The number of nitrogens with one attached hydrogen (secondary N) is 1. The van der Waals surface area contributed by atoms with Gasteiger partial charge in [-0.05, 0) is 102 Å². The highest BCUT2D eigenvalue weighted by Crippen LogP contribution is 2.52. The predicted octanol–water partition coefficient (Wildman–Crippen LogP) is 6.92. The Bertz CT molecular complexity index is 794. The number of ether oxygens (including phenoxy) is 1. The van der Waals surface area contributed by atoms with Gasteiger partial charge in [-0.1, -0.05) is 48.9 Å². The van der Waals surface area contributed by atoms with Crippen molar-refractivity contribution >= 4 is 12.0 Å². The van der Waals surface area contributed by atoms with Crippen molar-refractivity contribution in [3.8, 4) is 0 Å². The Morgan fingerprint density at radius 1 is 1.12 bits per heavy atom. The molecule has 1 aromatic rings. The first-order valence-corrected chi connectivity index (χ1v) is 13.0. The first kappa shape index (κ1) is 23.5. The molecule has 0 aliphatic heterocycles. The molecule has 32 heavy (non-hydrogen) atoms. The van der Waals surface area contributed by atoms with Crippen LogP contribution in [0.5, 0.6) is 0 Å². The molecule has 0 bridgehead atoms. The Kier molecular flexibility index (Phi) is 7.14.